The minimum Gasteiger partial charge on any atom is -0.384 e. The van der Waals surface area contributed by atoms with E-state index in [1.54, 1.807) is 24.3 Å². The summed E-state index contributed by atoms with van der Waals surface area (Å²) in [5.41, 5.74) is -0.425. The molecule has 0 fully saturated rings. The van der Waals surface area contributed by atoms with Crippen LogP contribution in [0.4, 0.5) is 24.5 Å². The largest absolute Gasteiger partial charge is 0.418 e. The maximum atomic E-state index is 12.9. The second-order valence-corrected chi connectivity index (χ2v) is 5.79. The lowest BCUT2D eigenvalue weighted by atomic mass is 10.1. The standard InChI is InChI=1S/C16H13Cl2F3N2O/c17-10-1-4-12(5-2-10)23-15(24)7-8-22-14-6-3-11(18)9-13(14)16(19,20)21/h1-6,9,22H,7-8H2,(H,23,24). The van der Waals surface area contributed by atoms with E-state index in [0.29, 0.717) is 10.7 Å². The van der Waals surface area contributed by atoms with E-state index >= 15 is 0 Å². The Hall–Kier alpha value is -1.92. The minimum atomic E-state index is -4.53. The Balaban J connectivity index is 1.92. The molecule has 3 nitrogen and oxygen atoms in total. The van der Waals surface area contributed by atoms with Crippen molar-refractivity contribution in [2.45, 2.75) is 12.6 Å². The Morgan fingerprint density at radius 3 is 2.25 bits per heavy atom. The number of amides is 1. The number of hydrogen-bond acceptors (Lipinski definition) is 2. The zero-order valence-electron chi connectivity index (χ0n) is 12.3. The molecular weight excluding hydrogens is 364 g/mol. The van der Waals surface area contributed by atoms with Crippen molar-refractivity contribution in [3.8, 4) is 0 Å². The summed E-state index contributed by atoms with van der Waals surface area (Å²) in [6.07, 6.45) is -4.53. The molecule has 0 aliphatic heterocycles. The first-order valence-electron chi connectivity index (χ1n) is 6.92. The Labute approximate surface area is 146 Å². The van der Waals surface area contributed by atoms with Gasteiger partial charge in [-0.15, -0.1) is 0 Å². The summed E-state index contributed by atoms with van der Waals surface area (Å²) in [5, 5.41) is 5.77. The summed E-state index contributed by atoms with van der Waals surface area (Å²) in [7, 11) is 0. The van der Waals surface area contributed by atoms with Crippen LogP contribution in [0.25, 0.3) is 0 Å². The maximum Gasteiger partial charge on any atom is 0.418 e. The van der Waals surface area contributed by atoms with Crippen molar-refractivity contribution in [2.24, 2.45) is 0 Å². The van der Waals surface area contributed by atoms with Gasteiger partial charge in [-0.25, -0.2) is 0 Å². The van der Waals surface area contributed by atoms with E-state index in [2.05, 4.69) is 10.6 Å². The zero-order chi connectivity index (χ0) is 17.7. The number of benzene rings is 2. The third-order valence-corrected chi connectivity index (χ3v) is 3.57. The number of rotatable bonds is 5. The van der Waals surface area contributed by atoms with Crippen LogP contribution in [0.5, 0.6) is 0 Å². The molecule has 0 heterocycles. The average molecular weight is 377 g/mol. The minimum absolute atomic E-state index is 0.00253. The Morgan fingerprint density at radius 2 is 1.62 bits per heavy atom. The molecule has 0 unspecified atom stereocenters. The first kappa shape index (κ1) is 18.4. The highest BCUT2D eigenvalue weighted by Gasteiger charge is 2.33. The first-order valence-corrected chi connectivity index (χ1v) is 7.67. The Morgan fingerprint density at radius 1 is 1.00 bits per heavy atom. The third-order valence-electron chi connectivity index (χ3n) is 3.08. The fourth-order valence-corrected chi connectivity index (χ4v) is 2.27. The van der Waals surface area contributed by atoms with Crippen molar-refractivity contribution in [3.05, 3.63) is 58.1 Å². The number of anilines is 2. The van der Waals surface area contributed by atoms with Crippen molar-refractivity contribution in [1.82, 2.24) is 0 Å². The lowest BCUT2D eigenvalue weighted by Crippen LogP contribution is -2.17. The number of halogens is 5. The van der Waals surface area contributed by atoms with Crippen molar-refractivity contribution in [2.75, 3.05) is 17.2 Å². The molecule has 24 heavy (non-hydrogen) atoms. The second-order valence-electron chi connectivity index (χ2n) is 4.92. The van der Waals surface area contributed by atoms with Gasteiger partial charge >= 0.3 is 6.18 Å². The van der Waals surface area contributed by atoms with Crippen LogP contribution in [0.2, 0.25) is 10.0 Å². The number of carbonyl (C=O) groups excluding carboxylic acids is 1. The predicted octanol–water partition coefficient (Wildman–Crippen LogP) is 5.45. The van der Waals surface area contributed by atoms with Gasteiger partial charge < -0.3 is 10.6 Å². The molecule has 2 aromatic carbocycles. The lowest BCUT2D eigenvalue weighted by molar-refractivity contribution is -0.137. The molecule has 128 valence electrons. The van der Waals surface area contributed by atoms with Crippen molar-refractivity contribution in [3.63, 3.8) is 0 Å². The molecule has 2 N–H and O–H groups in total. The molecule has 2 rings (SSSR count). The van der Waals surface area contributed by atoms with E-state index in [-0.39, 0.29) is 29.6 Å². The third kappa shape index (κ3) is 5.32. The Bertz CT molecular complexity index is 718. The summed E-state index contributed by atoms with van der Waals surface area (Å²) in [4.78, 5) is 11.8. The highest BCUT2D eigenvalue weighted by Crippen LogP contribution is 2.36. The molecule has 0 aromatic heterocycles. The quantitative estimate of drug-likeness (QED) is 0.727. The SMILES string of the molecule is O=C(CCNc1ccc(Cl)cc1C(F)(F)F)Nc1ccc(Cl)cc1. The van der Waals surface area contributed by atoms with Crippen LogP contribution in [0.3, 0.4) is 0 Å². The predicted molar refractivity (Wildman–Crippen MR) is 89.6 cm³/mol. The molecule has 0 radical (unpaired) electrons. The van der Waals surface area contributed by atoms with Crippen LogP contribution in [0.1, 0.15) is 12.0 Å². The lowest BCUT2D eigenvalue weighted by Gasteiger charge is -2.15. The van der Waals surface area contributed by atoms with Crippen LogP contribution in [-0.2, 0) is 11.0 Å². The Kier molecular flexibility index (Phi) is 5.96. The van der Waals surface area contributed by atoms with Crippen LogP contribution in [0, 0.1) is 0 Å². The molecule has 0 aliphatic rings. The van der Waals surface area contributed by atoms with Gasteiger partial charge in [0.25, 0.3) is 0 Å². The molecule has 2 aromatic rings. The van der Waals surface area contributed by atoms with Gasteiger partial charge in [0.15, 0.2) is 0 Å². The van der Waals surface area contributed by atoms with E-state index in [0.717, 1.165) is 6.07 Å². The molecule has 0 aliphatic carbocycles. The monoisotopic (exact) mass is 376 g/mol. The molecule has 0 saturated carbocycles. The van der Waals surface area contributed by atoms with E-state index in [1.165, 1.54) is 12.1 Å². The second kappa shape index (κ2) is 7.77. The van der Waals surface area contributed by atoms with Gasteiger partial charge in [-0.05, 0) is 42.5 Å². The number of nitrogens with one attached hydrogen (secondary N) is 2. The van der Waals surface area contributed by atoms with Gasteiger partial charge in [0.1, 0.15) is 0 Å². The van der Waals surface area contributed by atoms with Gasteiger partial charge in [0.2, 0.25) is 5.91 Å². The summed E-state index contributed by atoms with van der Waals surface area (Å²) in [5.74, 6) is -0.327. The van der Waals surface area contributed by atoms with Crippen LogP contribution < -0.4 is 10.6 Å². The van der Waals surface area contributed by atoms with Crippen LogP contribution >= 0.6 is 23.2 Å². The fourth-order valence-electron chi connectivity index (χ4n) is 1.97. The first-order chi connectivity index (χ1) is 11.3. The molecule has 1 amide bonds. The van der Waals surface area contributed by atoms with Crippen molar-refractivity contribution < 1.29 is 18.0 Å². The van der Waals surface area contributed by atoms with E-state index in [4.69, 9.17) is 23.2 Å². The topological polar surface area (TPSA) is 41.1 Å². The molecule has 8 heteroatoms. The van der Waals surface area contributed by atoms with E-state index in [9.17, 15) is 18.0 Å². The van der Waals surface area contributed by atoms with Gasteiger partial charge in [0, 0.05) is 34.4 Å². The maximum absolute atomic E-state index is 12.9. The molecular formula is C16H13Cl2F3N2O. The zero-order valence-corrected chi connectivity index (χ0v) is 13.8. The summed E-state index contributed by atoms with van der Waals surface area (Å²) in [6.45, 7) is 0.0458. The van der Waals surface area contributed by atoms with Crippen LogP contribution in [0.15, 0.2) is 42.5 Å². The normalized spacial score (nSPS) is 11.2. The van der Waals surface area contributed by atoms with Gasteiger partial charge in [0.05, 0.1) is 5.56 Å². The molecule has 0 bridgehead atoms. The average Bonchev–Trinajstić information content (AvgIpc) is 2.50. The molecule has 0 atom stereocenters. The van der Waals surface area contributed by atoms with Gasteiger partial charge in [-0.2, -0.15) is 13.2 Å². The highest BCUT2D eigenvalue weighted by atomic mass is 35.5. The van der Waals surface area contributed by atoms with Gasteiger partial charge in [-0.1, -0.05) is 23.2 Å². The highest BCUT2D eigenvalue weighted by molar-refractivity contribution is 6.31. The van der Waals surface area contributed by atoms with Crippen molar-refractivity contribution >= 4 is 40.5 Å². The van der Waals surface area contributed by atoms with Gasteiger partial charge in [-0.3, -0.25) is 4.79 Å². The van der Waals surface area contributed by atoms with Crippen molar-refractivity contribution in [1.29, 1.82) is 0 Å². The number of alkyl halides is 3. The van der Waals surface area contributed by atoms with E-state index in [1.807, 2.05) is 0 Å². The summed E-state index contributed by atoms with van der Waals surface area (Å²) in [6, 6.07) is 9.95. The summed E-state index contributed by atoms with van der Waals surface area (Å²) >= 11 is 11.3. The van der Waals surface area contributed by atoms with E-state index < -0.39 is 11.7 Å². The summed E-state index contributed by atoms with van der Waals surface area (Å²) < 4.78 is 38.8. The molecule has 0 saturated heterocycles. The number of carbonyl (C=O) groups is 1. The number of hydrogen-bond donors (Lipinski definition) is 2. The van der Waals surface area contributed by atoms with Crippen LogP contribution in [-0.4, -0.2) is 12.5 Å². The fraction of sp³-hybridized carbons (Fsp3) is 0.188. The molecule has 0 spiro atoms. The smallest absolute Gasteiger partial charge is 0.384 e.